The summed E-state index contributed by atoms with van der Waals surface area (Å²) in [6, 6.07) is 19.8. The highest BCUT2D eigenvalue weighted by atomic mass is 35.5. The Hall–Kier alpha value is -3.36. The third kappa shape index (κ3) is 8.57. The van der Waals surface area contributed by atoms with E-state index in [1.54, 1.807) is 49.4 Å². The summed E-state index contributed by atoms with van der Waals surface area (Å²) in [5, 5.41) is 3.42. The minimum atomic E-state index is -4.12. The summed E-state index contributed by atoms with van der Waals surface area (Å²) in [7, 11) is -4.12. The van der Waals surface area contributed by atoms with Gasteiger partial charge in [0.2, 0.25) is 11.8 Å². The SMILES string of the molecule is Cc1ccc(S(=O)(=O)N(CC(=O)N(Cc2cccc(Cl)c2)[C@@H](C)C(=O)NC(C)(C)C)c2ccc(C(C)C)cc2)cc1. The normalized spacial score (nSPS) is 12.6. The highest BCUT2D eigenvalue weighted by Crippen LogP contribution is 2.27. The number of benzene rings is 3. The molecule has 1 N–H and O–H groups in total. The molecule has 7 nitrogen and oxygen atoms in total. The highest BCUT2D eigenvalue weighted by Gasteiger charge is 2.33. The first-order valence-electron chi connectivity index (χ1n) is 13.6. The number of sulfonamides is 1. The lowest BCUT2D eigenvalue weighted by molar-refractivity contribution is -0.140. The molecule has 3 aromatic rings. The summed E-state index contributed by atoms with van der Waals surface area (Å²) >= 11 is 6.20. The number of halogens is 1. The fourth-order valence-electron chi connectivity index (χ4n) is 4.28. The van der Waals surface area contributed by atoms with Crippen LogP contribution in [-0.2, 0) is 26.2 Å². The van der Waals surface area contributed by atoms with E-state index in [0.29, 0.717) is 10.7 Å². The fraction of sp³-hybridized carbons (Fsp3) is 0.375. The van der Waals surface area contributed by atoms with E-state index in [0.717, 1.165) is 21.0 Å². The molecular formula is C32H40ClN3O4S. The van der Waals surface area contributed by atoms with Crippen molar-refractivity contribution in [1.29, 1.82) is 0 Å². The van der Waals surface area contributed by atoms with Crippen LogP contribution in [0, 0.1) is 6.92 Å². The predicted molar refractivity (Wildman–Crippen MR) is 166 cm³/mol. The van der Waals surface area contributed by atoms with Crippen LogP contribution in [0.3, 0.4) is 0 Å². The van der Waals surface area contributed by atoms with E-state index in [9.17, 15) is 18.0 Å². The second-order valence-electron chi connectivity index (χ2n) is 11.6. The number of nitrogens with one attached hydrogen (secondary N) is 1. The Morgan fingerprint density at radius 2 is 1.54 bits per heavy atom. The van der Waals surface area contributed by atoms with Gasteiger partial charge in [0.1, 0.15) is 12.6 Å². The summed E-state index contributed by atoms with van der Waals surface area (Å²) < 4.78 is 29.1. The summed E-state index contributed by atoms with van der Waals surface area (Å²) in [6.45, 7) is 12.8. The zero-order valence-corrected chi connectivity index (χ0v) is 26.4. The fourth-order valence-corrected chi connectivity index (χ4v) is 5.91. The van der Waals surface area contributed by atoms with Crippen molar-refractivity contribution in [2.45, 2.75) is 77.4 Å². The van der Waals surface area contributed by atoms with Crippen LogP contribution in [-0.4, -0.2) is 43.3 Å². The van der Waals surface area contributed by atoms with Crippen LogP contribution < -0.4 is 9.62 Å². The topological polar surface area (TPSA) is 86.8 Å². The van der Waals surface area contributed by atoms with Gasteiger partial charge in [-0.1, -0.05) is 67.4 Å². The standard InChI is InChI=1S/C32H40ClN3O4S/c1-22(2)26-13-15-28(16-14-26)36(41(39,40)29-17-11-23(3)12-18-29)21-30(37)35(20-25-9-8-10-27(33)19-25)24(4)31(38)34-32(5,6)7/h8-19,22,24H,20-21H2,1-7H3,(H,34,38)/t24-/m0/s1. The Morgan fingerprint density at radius 1 is 0.927 bits per heavy atom. The molecule has 3 aromatic carbocycles. The number of aryl methyl sites for hydroxylation is 1. The molecule has 0 spiro atoms. The van der Waals surface area contributed by atoms with Gasteiger partial charge in [0.25, 0.3) is 10.0 Å². The second kappa shape index (κ2) is 13.1. The van der Waals surface area contributed by atoms with Crippen LogP contribution >= 0.6 is 11.6 Å². The Labute approximate surface area is 249 Å². The molecule has 41 heavy (non-hydrogen) atoms. The summed E-state index contributed by atoms with van der Waals surface area (Å²) in [5.41, 5.74) is 2.52. The van der Waals surface area contributed by atoms with Crippen LogP contribution in [0.5, 0.6) is 0 Å². The van der Waals surface area contributed by atoms with E-state index < -0.39 is 34.1 Å². The molecule has 0 heterocycles. The molecule has 0 aliphatic carbocycles. The summed E-state index contributed by atoms with van der Waals surface area (Å²) in [5.74, 6) is -0.615. The number of carbonyl (C=O) groups is 2. The minimum Gasteiger partial charge on any atom is -0.350 e. The van der Waals surface area contributed by atoms with Crippen LogP contribution in [0.25, 0.3) is 0 Å². The van der Waals surface area contributed by atoms with Crippen LogP contribution in [0.4, 0.5) is 5.69 Å². The van der Waals surface area contributed by atoms with Crippen molar-refractivity contribution >= 4 is 39.1 Å². The maximum Gasteiger partial charge on any atom is 0.264 e. The minimum absolute atomic E-state index is 0.0723. The van der Waals surface area contributed by atoms with E-state index in [1.807, 2.05) is 45.9 Å². The van der Waals surface area contributed by atoms with Crippen molar-refractivity contribution in [3.8, 4) is 0 Å². The molecule has 2 amide bonds. The molecule has 0 saturated carbocycles. The van der Waals surface area contributed by atoms with E-state index >= 15 is 0 Å². The van der Waals surface area contributed by atoms with Crippen molar-refractivity contribution < 1.29 is 18.0 Å². The maximum atomic E-state index is 14.0. The number of carbonyl (C=O) groups excluding carboxylic acids is 2. The van der Waals surface area contributed by atoms with Gasteiger partial charge in [-0.25, -0.2) is 8.42 Å². The maximum absolute atomic E-state index is 14.0. The van der Waals surface area contributed by atoms with Crippen LogP contribution in [0.15, 0.2) is 77.7 Å². The number of anilines is 1. The second-order valence-corrected chi connectivity index (χ2v) is 13.9. The molecule has 220 valence electrons. The Kier molecular flexibility index (Phi) is 10.3. The van der Waals surface area contributed by atoms with Gasteiger partial charge in [-0.05, 0) is 88.1 Å². The van der Waals surface area contributed by atoms with Gasteiger partial charge in [0.15, 0.2) is 0 Å². The third-order valence-electron chi connectivity index (χ3n) is 6.64. The molecule has 0 aromatic heterocycles. The number of rotatable bonds is 10. The zero-order chi connectivity index (χ0) is 30.5. The first-order chi connectivity index (χ1) is 19.1. The Morgan fingerprint density at radius 3 is 2.07 bits per heavy atom. The van der Waals surface area contributed by atoms with Gasteiger partial charge < -0.3 is 10.2 Å². The van der Waals surface area contributed by atoms with Gasteiger partial charge in [0.05, 0.1) is 10.6 Å². The van der Waals surface area contributed by atoms with Crippen molar-refractivity contribution in [2.24, 2.45) is 0 Å². The van der Waals surface area contributed by atoms with E-state index in [2.05, 4.69) is 19.2 Å². The lowest BCUT2D eigenvalue weighted by Gasteiger charge is -2.33. The van der Waals surface area contributed by atoms with Crippen molar-refractivity contribution in [1.82, 2.24) is 10.2 Å². The number of amides is 2. The van der Waals surface area contributed by atoms with Crippen molar-refractivity contribution in [3.63, 3.8) is 0 Å². The predicted octanol–water partition coefficient (Wildman–Crippen LogP) is 6.30. The third-order valence-corrected chi connectivity index (χ3v) is 8.67. The van der Waals surface area contributed by atoms with Crippen molar-refractivity contribution in [3.05, 3.63) is 94.5 Å². The van der Waals surface area contributed by atoms with Crippen LogP contribution in [0.1, 0.15) is 64.2 Å². The van der Waals surface area contributed by atoms with E-state index in [-0.39, 0.29) is 23.3 Å². The highest BCUT2D eigenvalue weighted by molar-refractivity contribution is 7.92. The number of nitrogens with zero attached hydrogens (tertiary/aromatic N) is 2. The molecule has 0 aliphatic heterocycles. The summed E-state index contributed by atoms with van der Waals surface area (Å²) in [4.78, 5) is 28.7. The largest absolute Gasteiger partial charge is 0.350 e. The first kappa shape index (κ1) is 32.2. The van der Waals surface area contributed by atoms with Gasteiger partial charge in [0, 0.05) is 17.1 Å². The van der Waals surface area contributed by atoms with Gasteiger partial charge >= 0.3 is 0 Å². The molecule has 0 saturated heterocycles. The van der Waals surface area contributed by atoms with E-state index in [4.69, 9.17) is 11.6 Å². The Balaban J connectivity index is 2.06. The molecule has 0 unspecified atom stereocenters. The van der Waals surface area contributed by atoms with Gasteiger partial charge in [-0.2, -0.15) is 0 Å². The quantitative estimate of drug-likeness (QED) is 0.297. The molecule has 0 aliphatic rings. The molecule has 0 bridgehead atoms. The van der Waals surface area contributed by atoms with Gasteiger partial charge in [-0.15, -0.1) is 0 Å². The van der Waals surface area contributed by atoms with Gasteiger partial charge in [-0.3, -0.25) is 13.9 Å². The lowest BCUT2D eigenvalue weighted by Crippen LogP contribution is -2.54. The molecule has 0 fully saturated rings. The smallest absolute Gasteiger partial charge is 0.264 e. The van der Waals surface area contributed by atoms with E-state index in [1.165, 1.54) is 17.0 Å². The molecular weight excluding hydrogens is 558 g/mol. The average molecular weight is 598 g/mol. The van der Waals surface area contributed by atoms with Crippen LogP contribution in [0.2, 0.25) is 5.02 Å². The average Bonchev–Trinajstić information content (AvgIpc) is 2.89. The first-order valence-corrected chi connectivity index (χ1v) is 15.5. The zero-order valence-electron chi connectivity index (χ0n) is 24.8. The molecule has 9 heteroatoms. The van der Waals surface area contributed by atoms with Crippen molar-refractivity contribution in [2.75, 3.05) is 10.8 Å². The Bertz CT molecular complexity index is 1460. The summed E-state index contributed by atoms with van der Waals surface area (Å²) in [6.07, 6.45) is 0. The number of hydrogen-bond acceptors (Lipinski definition) is 4. The molecule has 3 rings (SSSR count). The molecule has 0 radical (unpaired) electrons. The monoisotopic (exact) mass is 597 g/mol. The number of hydrogen-bond donors (Lipinski definition) is 1. The lowest BCUT2D eigenvalue weighted by atomic mass is 10.0. The molecule has 1 atom stereocenters.